The number of hydrogen-bond donors (Lipinski definition) is 1. The Bertz CT molecular complexity index is 1380. The van der Waals surface area contributed by atoms with E-state index in [2.05, 4.69) is 41.8 Å². The van der Waals surface area contributed by atoms with E-state index in [-0.39, 0.29) is 17.1 Å². The number of carbonyl (C=O) groups excluding carboxylic acids is 2. The molecule has 0 spiro atoms. The predicted octanol–water partition coefficient (Wildman–Crippen LogP) is 4.79. The number of carbonyl (C=O) groups is 2. The molecule has 0 saturated heterocycles. The lowest BCUT2D eigenvalue weighted by molar-refractivity contribution is 0.0969. The summed E-state index contributed by atoms with van der Waals surface area (Å²) >= 11 is 1.59. The van der Waals surface area contributed by atoms with Crippen LogP contribution in [-0.2, 0) is 18.9 Å². The van der Waals surface area contributed by atoms with Gasteiger partial charge in [-0.2, -0.15) is 0 Å². The molecule has 1 aromatic carbocycles. The lowest BCUT2D eigenvalue weighted by Gasteiger charge is -2.20. The van der Waals surface area contributed by atoms with Gasteiger partial charge in [0.2, 0.25) is 5.91 Å². The first-order valence-corrected chi connectivity index (χ1v) is 12.0. The summed E-state index contributed by atoms with van der Waals surface area (Å²) < 4.78 is 1.88. The number of nitrogens with zero attached hydrogens (tertiary/aromatic N) is 4. The van der Waals surface area contributed by atoms with Gasteiger partial charge in [-0.15, -0.1) is 11.3 Å². The number of aryl methyl sites for hydroxylation is 1. The van der Waals surface area contributed by atoms with Crippen LogP contribution in [-0.4, -0.2) is 31.2 Å². The van der Waals surface area contributed by atoms with Crippen LogP contribution in [0.5, 0.6) is 0 Å². The van der Waals surface area contributed by atoms with Crippen molar-refractivity contribution in [3.05, 3.63) is 75.3 Å². The van der Waals surface area contributed by atoms with Gasteiger partial charge >= 0.3 is 0 Å². The highest BCUT2D eigenvalue weighted by Gasteiger charge is 2.20. The lowest BCUT2D eigenvalue weighted by atomic mass is 9.84. The molecule has 1 unspecified atom stereocenters. The van der Waals surface area contributed by atoms with Gasteiger partial charge in [-0.05, 0) is 40.7 Å². The third-order valence-corrected chi connectivity index (χ3v) is 7.17. The molecule has 0 aliphatic carbocycles. The van der Waals surface area contributed by atoms with Gasteiger partial charge in [0.15, 0.2) is 5.78 Å². The highest BCUT2D eigenvalue weighted by Crippen LogP contribution is 2.30. The number of Topliss-reactive ketones (excluding diaryl/α,β-unsaturated/α-hetero) is 1. The van der Waals surface area contributed by atoms with E-state index < -0.39 is 5.91 Å². The summed E-state index contributed by atoms with van der Waals surface area (Å²) in [6.45, 7) is 8.36. The van der Waals surface area contributed by atoms with Gasteiger partial charge in [0.1, 0.15) is 11.2 Å². The Morgan fingerprint density at radius 2 is 1.85 bits per heavy atom. The molecule has 34 heavy (non-hydrogen) atoms. The van der Waals surface area contributed by atoms with E-state index in [4.69, 9.17) is 5.73 Å². The predicted molar refractivity (Wildman–Crippen MR) is 134 cm³/mol. The summed E-state index contributed by atoms with van der Waals surface area (Å²) in [5, 5.41) is 0.935. The normalized spacial score (nSPS) is 12.7. The zero-order valence-corrected chi connectivity index (χ0v) is 20.9. The Morgan fingerprint density at radius 1 is 1.09 bits per heavy atom. The smallest absolute Gasteiger partial charge is 0.248 e. The number of amides is 1. The van der Waals surface area contributed by atoms with Crippen molar-refractivity contribution < 1.29 is 9.59 Å². The van der Waals surface area contributed by atoms with Crippen molar-refractivity contribution in [3.8, 4) is 0 Å². The van der Waals surface area contributed by atoms with Crippen molar-refractivity contribution in [1.29, 1.82) is 0 Å². The highest BCUT2D eigenvalue weighted by atomic mass is 32.1. The first-order valence-electron chi connectivity index (χ1n) is 11.2. The molecule has 0 bridgehead atoms. The van der Waals surface area contributed by atoms with E-state index in [1.54, 1.807) is 29.9 Å². The molecule has 8 heteroatoms. The third-order valence-electron chi connectivity index (χ3n) is 5.94. The minimum Gasteiger partial charge on any atom is -0.366 e. The number of nitrogens with two attached hydrogens (primary N) is 1. The van der Waals surface area contributed by atoms with E-state index in [0.717, 1.165) is 32.0 Å². The average molecular weight is 476 g/mol. The SMILES string of the molecule is CC(CC(=O)c1cc2c(cn1)ncn2C)c1cnc(Cc2cc(C(N)=O)cc(C(C)(C)C)c2)s1. The monoisotopic (exact) mass is 475 g/mol. The van der Waals surface area contributed by atoms with Gasteiger partial charge < -0.3 is 10.3 Å². The Labute approximate surface area is 203 Å². The van der Waals surface area contributed by atoms with Crippen molar-refractivity contribution in [2.24, 2.45) is 12.8 Å². The van der Waals surface area contributed by atoms with Crippen LogP contribution < -0.4 is 5.73 Å². The Morgan fingerprint density at radius 3 is 2.56 bits per heavy atom. The van der Waals surface area contributed by atoms with Crippen LogP contribution in [0.3, 0.4) is 0 Å². The average Bonchev–Trinajstić information content (AvgIpc) is 3.39. The fourth-order valence-corrected chi connectivity index (χ4v) is 4.85. The maximum atomic E-state index is 12.9. The molecule has 1 amide bonds. The highest BCUT2D eigenvalue weighted by molar-refractivity contribution is 7.11. The minimum absolute atomic E-state index is 0.00507. The van der Waals surface area contributed by atoms with E-state index in [9.17, 15) is 9.59 Å². The van der Waals surface area contributed by atoms with Gasteiger partial charge in [0.25, 0.3) is 0 Å². The summed E-state index contributed by atoms with van der Waals surface area (Å²) in [5.41, 5.74) is 10.1. The largest absolute Gasteiger partial charge is 0.366 e. The van der Waals surface area contributed by atoms with E-state index in [1.807, 2.05) is 36.9 Å². The van der Waals surface area contributed by atoms with E-state index in [1.165, 1.54) is 0 Å². The number of aromatic nitrogens is 4. The molecule has 2 N–H and O–H groups in total. The number of rotatable bonds is 7. The fourth-order valence-electron chi connectivity index (χ4n) is 3.84. The molecule has 0 radical (unpaired) electrons. The zero-order chi connectivity index (χ0) is 24.6. The fraction of sp³-hybridized carbons (Fsp3) is 0.346. The molecular weight excluding hydrogens is 446 g/mol. The van der Waals surface area contributed by atoms with Gasteiger partial charge in [0.05, 0.1) is 23.0 Å². The first kappa shape index (κ1) is 23.8. The van der Waals surface area contributed by atoms with Gasteiger partial charge in [-0.1, -0.05) is 33.8 Å². The number of imidazole rings is 1. The molecule has 4 rings (SSSR count). The number of primary amides is 1. The van der Waals surface area contributed by atoms with E-state index >= 15 is 0 Å². The summed E-state index contributed by atoms with van der Waals surface area (Å²) in [6, 6.07) is 7.62. The van der Waals surface area contributed by atoms with E-state index in [0.29, 0.717) is 24.1 Å². The number of pyridine rings is 1. The van der Waals surface area contributed by atoms with Crippen LogP contribution in [0.4, 0.5) is 0 Å². The molecule has 0 aliphatic heterocycles. The second-order valence-corrected chi connectivity index (χ2v) is 11.0. The molecule has 0 fully saturated rings. The van der Waals surface area contributed by atoms with Gasteiger partial charge in [-0.3, -0.25) is 14.6 Å². The molecule has 176 valence electrons. The zero-order valence-electron chi connectivity index (χ0n) is 20.1. The van der Waals surface area contributed by atoms with Gasteiger partial charge in [-0.25, -0.2) is 9.97 Å². The number of fused-ring (bicyclic) bond motifs is 1. The molecule has 3 aromatic heterocycles. The molecule has 0 saturated carbocycles. The Kier molecular flexibility index (Phi) is 6.36. The van der Waals surface area contributed by atoms with Crippen molar-refractivity contribution in [2.75, 3.05) is 0 Å². The molecule has 4 aromatic rings. The second-order valence-electron chi connectivity index (χ2n) is 9.81. The van der Waals surface area contributed by atoms with Crippen LogP contribution in [0.2, 0.25) is 0 Å². The Hall–Kier alpha value is -3.39. The number of benzene rings is 1. The van der Waals surface area contributed by atoms with Crippen LogP contribution in [0.15, 0.2) is 43.0 Å². The lowest BCUT2D eigenvalue weighted by Crippen LogP contribution is -2.16. The van der Waals surface area contributed by atoms with Crippen LogP contribution in [0, 0.1) is 0 Å². The van der Waals surface area contributed by atoms with Crippen LogP contribution in [0.25, 0.3) is 11.0 Å². The third kappa shape index (κ3) is 5.07. The summed E-state index contributed by atoms with van der Waals surface area (Å²) in [4.78, 5) is 38.9. The van der Waals surface area contributed by atoms with Crippen molar-refractivity contribution >= 4 is 34.1 Å². The second kappa shape index (κ2) is 9.10. The quantitative estimate of drug-likeness (QED) is 0.387. The van der Waals surface area contributed by atoms with Crippen molar-refractivity contribution in [2.45, 2.75) is 51.9 Å². The summed E-state index contributed by atoms with van der Waals surface area (Å²) in [7, 11) is 1.90. The summed E-state index contributed by atoms with van der Waals surface area (Å²) in [5.74, 6) is -0.420. The Balaban J connectivity index is 1.49. The molecule has 3 heterocycles. The maximum Gasteiger partial charge on any atom is 0.248 e. The van der Waals surface area contributed by atoms with Crippen LogP contribution in [0.1, 0.15) is 81.9 Å². The molecule has 1 atom stereocenters. The number of ketones is 1. The van der Waals surface area contributed by atoms with Gasteiger partial charge in [0, 0.05) is 36.5 Å². The summed E-state index contributed by atoms with van der Waals surface area (Å²) in [6.07, 6.45) is 6.16. The first-order chi connectivity index (χ1) is 16.0. The van der Waals surface area contributed by atoms with Crippen LogP contribution >= 0.6 is 11.3 Å². The molecule has 7 nitrogen and oxygen atoms in total. The minimum atomic E-state index is -0.433. The number of thiazole rings is 1. The standard InChI is InChI=1S/C26H29N5O2S/c1-15(6-22(32)19-11-21-20(12-28-19)30-14-31(21)5)23-13-29-24(34-23)9-16-7-17(25(27)33)10-18(8-16)26(2,3)4/h7-8,10-15H,6,9H2,1-5H3,(H2,27,33). The number of hydrogen-bond acceptors (Lipinski definition) is 6. The van der Waals surface area contributed by atoms with Crippen molar-refractivity contribution in [1.82, 2.24) is 19.5 Å². The molecule has 0 aliphatic rings. The van der Waals surface area contributed by atoms with Crippen molar-refractivity contribution in [3.63, 3.8) is 0 Å². The maximum absolute atomic E-state index is 12.9. The molecular formula is C26H29N5O2S. The topological polar surface area (TPSA) is 104 Å².